The topological polar surface area (TPSA) is 71.3 Å². The maximum atomic E-state index is 13.1. The molecule has 4 rings (SSSR count). The van der Waals surface area contributed by atoms with Gasteiger partial charge in [0, 0.05) is 6.42 Å². The molecule has 0 spiro atoms. The number of rotatable bonds is 6. The Morgan fingerprint density at radius 2 is 1.79 bits per heavy atom. The van der Waals surface area contributed by atoms with Crippen LogP contribution in [0, 0.1) is 0 Å². The Kier molecular flexibility index (Phi) is 5.24. The standard InChI is InChI=1S/C23H22N2O3/c26-22(24-19-13-12-17-9-4-5-10-18(17)19)20(15-16-7-2-1-3-8-16)25-23(27)21-11-6-14-28-21/h1-11,14,19-20H,12-13,15H2,(H,24,26)(H,25,27). The highest BCUT2D eigenvalue weighted by molar-refractivity contribution is 5.95. The van der Waals surface area contributed by atoms with Gasteiger partial charge in [0.05, 0.1) is 12.3 Å². The number of benzene rings is 2. The molecule has 2 amide bonds. The van der Waals surface area contributed by atoms with E-state index >= 15 is 0 Å². The lowest BCUT2D eigenvalue weighted by atomic mass is 10.0. The Morgan fingerprint density at radius 1 is 1.00 bits per heavy atom. The van der Waals surface area contributed by atoms with Gasteiger partial charge in [0.25, 0.3) is 5.91 Å². The first kappa shape index (κ1) is 18.0. The van der Waals surface area contributed by atoms with Crippen molar-refractivity contribution in [2.45, 2.75) is 31.3 Å². The summed E-state index contributed by atoms with van der Waals surface area (Å²) in [6, 6.07) is 20.4. The quantitative estimate of drug-likeness (QED) is 0.694. The number of carbonyl (C=O) groups excluding carboxylic acids is 2. The Balaban J connectivity index is 1.50. The first-order valence-electron chi connectivity index (χ1n) is 9.47. The Morgan fingerprint density at radius 3 is 2.57 bits per heavy atom. The first-order valence-corrected chi connectivity index (χ1v) is 9.47. The van der Waals surface area contributed by atoms with Gasteiger partial charge in [-0.3, -0.25) is 9.59 Å². The molecule has 142 valence electrons. The van der Waals surface area contributed by atoms with Gasteiger partial charge in [0.1, 0.15) is 6.04 Å². The molecule has 0 saturated heterocycles. The minimum atomic E-state index is -0.687. The minimum Gasteiger partial charge on any atom is -0.459 e. The van der Waals surface area contributed by atoms with Crippen LogP contribution in [0.25, 0.3) is 0 Å². The van der Waals surface area contributed by atoms with E-state index in [2.05, 4.69) is 22.8 Å². The van der Waals surface area contributed by atoms with E-state index in [9.17, 15) is 9.59 Å². The van der Waals surface area contributed by atoms with Crippen molar-refractivity contribution in [2.75, 3.05) is 0 Å². The number of nitrogens with one attached hydrogen (secondary N) is 2. The van der Waals surface area contributed by atoms with Crippen molar-refractivity contribution < 1.29 is 14.0 Å². The highest BCUT2D eigenvalue weighted by atomic mass is 16.3. The van der Waals surface area contributed by atoms with Crippen LogP contribution < -0.4 is 10.6 Å². The van der Waals surface area contributed by atoms with Crippen LogP contribution in [0.1, 0.15) is 39.7 Å². The SMILES string of the molecule is O=C(NC(Cc1ccccc1)C(=O)NC1CCc2ccccc21)c1ccco1. The lowest BCUT2D eigenvalue weighted by molar-refractivity contribution is -0.123. The number of hydrogen-bond donors (Lipinski definition) is 2. The van der Waals surface area contributed by atoms with Gasteiger partial charge in [-0.15, -0.1) is 0 Å². The molecule has 1 aromatic heterocycles. The Hall–Kier alpha value is -3.34. The zero-order valence-corrected chi connectivity index (χ0v) is 15.4. The van der Waals surface area contributed by atoms with Gasteiger partial charge in [-0.25, -0.2) is 0 Å². The number of amides is 2. The molecule has 5 heteroatoms. The average Bonchev–Trinajstić information content (AvgIpc) is 3.39. The van der Waals surface area contributed by atoms with Gasteiger partial charge in [-0.05, 0) is 41.7 Å². The minimum absolute atomic E-state index is 0.0255. The molecule has 0 radical (unpaired) electrons. The second kappa shape index (κ2) is 8.13. The molecule has 2 aromatic carbocycles. The lowest BCUT2D eigenvalue weighted by Gasteiger charge is -2.21. The summed E-state index contributed by atoms with van der Waals surface area (Å²) in [5.74, 6) is -0.393. The number of aryl methyl sites for hydroxylation is 1. The van der Waals surface area contributed by atoms with E-state index in [0.29, 0.717) is 6.42 Å². The smallest absolute Gasteiger partial charge is 0.287 e. The predicted octanol–water partition coefficient (Wildman–Crippen LogP) is 3.42. The van der Waals surface area contributed by atoms with Crippen LogP contribution >= 0.6 is 0 Å². The highest BCUT2D eigenvalue weighted by Gasteiger charge is 2.28. The molecule has 2 unspecified atom stereocenters. The molecular weight excluding hydrogens is 352 g/mol. The third-order valence-electron chi connectivity index (χ3n) is 5.10. The molecule has 0 bridgehead atoms. The monoisotopic (exact) mass is 374 g/mol. The summed E-state index contributed by atoms with van der Waals surface area (Å²) in [6.07, 6.45) is 3.67. The fraction of sp³-hybridized carbons (Fsp3) is 0.217. The van der Waals surface area contributed by atoms with Crippen molar-refractivity contribution in [3.8, 4) is 0 Å². The summed E-state index contributed by atoms with van der Waals surface area (Å²) in [5, 5.41) is 5.94. The van der Waals surface area contributed by atoms with Crippen LogP contribution in [0.5, 0.6) is 0 Å². The van der Waals surface area contributed by atoms with Gasteiger partial charge in [-0.2, -0.15) is 0 Å². The maximum absolute atomic E-state index is 13.1. The van der Waals surface area contributed by atoms with Crippen molar-refractivity contribution in [3.05, 3.63) is 95.4 Å². The summed E-state index contributed by atoms with van der Waals surface area (Å²) in [4.78, 5) is 25.5. The summed E-state index contributed by atoms with van der Waals surface area (Å²) >= 11 is 0. The lowest BCUT2D eigenvalue weighted by Crippen LogP contribution is -2.48. The van der Waals surface area contributed by atoms with Crippen molar-refractivity contribution in [1.82, 2.24) is 10.6 Å². The summed E-state index contributed by atoms with van der Waals surface area (Å²) < 4.78 is 5.16. The maximum Gasteiger partial charge on any atom is 0.287 e. The summed E-state index contributed by atoms with van der Waals surface area (Å²) in [7, 11) is 0. The molecule has 0 aliphatic heterocycles. The Bertz CT molecular complexity index is 951. The largest absolute Gasteiger partial charge is 0.459 e. The number of fused-ring (bicyclic) bond motifs is 1. The molecule has 1 heterocycles. The average molecular weight is 374 g/mol. The molecule has 28 heavy (non-hydrogen) atoms. The molecule has 0 saturated carbocycles. The molecule has 2 N–H and O–H groups in total. The van der Waals surface area contributed by atoms with E-state index in [0.717, 1.165) is 24.0 Å². The van der Waals surface area contributed by atoms with Crippen molar-refractivity contribution in [3.63, 3.8) is 0 Å². The summed E-state index contributed by atoms with van der Waals surface area (Å²) in [5.41, 5.74) is 3.41. The van der Waals surface area contributed by atoms with Crippen molar-refractivity contribution in [1.29, 1.82) is 0 Å². The van der Waals surface area contributed by atoms with Gasteiger partial charge in [0.2, 0.25) is 5.91 Å². The molecule has 3 aromatic rings. The van der Waals surface area contributed by atoms with Gasteiger partial charge < -0.3 is 15.1 Å². The van der Waals surface area contributed by atoms with E-state index in [1.54, 1.807) is 12.1 Å². The highest BCUT2D eigenvalue weighted by Crippen LogP contribution is 2.30. The van der Waals surface area contributed by atoms with Gasteiger partial charge >= 0.3 is 0 Å². The van der Waals surface area contributed by atoms with Crippen LogP contribution in [0.3, 0.4) is 0 Å². The van der Waals surface area contributed by atoms with E-state index in [1.807, 2.05) is 42.5 Å². The fourth-order valence-corrected chi connectivity index (χ4v) is 3.68. The van der Waals surface area contributed by atoms with Crippen molar-refractivity contribution >= 4 is 11.8 Å². The van der Waals surface area contributed by atoms with Gasteiger partial charge in [-0.1, -0.05) is 54.6 Å². The van der Waals surface area contributed by atoms with E-state index < -0.39 is 11.9 Å². The third kappa shape index (κ3) is 3.98. The molecule has 2 atom stereocenters. The zero-order chi connectivity index (χ0) is 19.3. The first-order chi connectivity index (χ1) is 13.7. The van der Waals surface area contributed by atoms with E-state index in [1.165, 1.54) is 11.8 Å². The number of furan rings is 1. The van der Waals surface area contributed by atoms with Gasteiger partial charge in [0.15, 0.2) is 5.76 Å². The van der Waals surface area contributed by atoms with Crippen LogP contribution in [0.4, 0.5) is 0 Å². The third-order valence-corrected chi connectivity index (χ3v) is 5.10. The second-order valence-corrected chi connectivity index (χ2v) is 6.99. The second-order valence-electron chi connectivity index (χ2n) is 6.99. The molecule has 1 aliphatic carbocycles. The van der Waals surface area contributed by atoms with Crippen LogP contribution in [0.2, 0.25) is 0 Å². The van der Waals surface area contributed by atoms with E-state index in [4.69, 9.17) is 4.42 Å². The van der Waals surface area contributed by atoms with Crippen LogP contribution in [-0.2, 0) is 17.6 Å². The normalized spacial score (nSPS) is 16.2. The molecular formula is C23H22N2O3. The van der Waals surface area contributed by atoms with Crippen LogP contribution in [0.15, 0.2) is 77.4 Å². The number of carbonyl (C=O) groups is 2. The molecule has 0 fully saturated rings. The summed E-state index contributed by atoms with van der Waals surface area (Å²) in [6.45, 7) is 0. The predicted molar refractivity (Wildman–Crippen MR) is 106 cm³/mol. The van der Waals surface area contributed by atoms with Crippen molar-refractivity contribution in [2.24, 2.45) is 0 Å². The van der Waals surface area contributed by atoms with E-state index in [-0.39, 0.29) is 17.7 Å². The molecule has 5 nitrogen and oxygen atoms in total. The Labute approximate surface area is 163 Å². The van der Waals surface area contributed by atoms with Crippen LogP contribution in [-0.4, -0.2) is 17.9 Å². The number of hydrogen-bond acceptors (Lipinski definition) is 3. The zero-order valence-electron chi connectivity index (χ0n) is 15.4. The fourth-order valence-electron chi connectivity index (χ4n) is 3.68. The molecule has 1 aliphatic rings.